The molecule has 0 amide bonds. The average molecular weight is 534 g/mol. The molecule has 2 rings (SSSR count). The molecule has 34 heavy (non-hydrogen) atoms. The number of hydrogen-bond donors (Lipinski definition) is 3. The van der Waals surface area contributed by atoms with Crippen molar-refractivity contribution < 1.29 is 32.2 Å². The highest BCUT2D eigenvalue weighted by molar-refractivity contribution is 7.92. The van der Waals surface area contributed by atoms with Crippen molar-refractivity contribution in [2.24, 2.45) is 10.2 Å². The maximum atomic E-state index is 12.4. The average Bonchev–Trinajstić information content (AvgIpc) is 3.20. The molecule has 1 heterocycles. The van der Waals surface area contributed by atoms with Crippen LogP contribution in [0.25, 0.3) is 31.0 Å². The van der Waals surface area contributed by atoms with Gasteiger partial charge in [-0.05, 0) is 54.3 Å². The quantitative estimate of drug-likeness (QED) is 0.0934. The summed E-state index contributed by atoms with van der Waals surface area (Å²) in [4.78, 5) is 23.3. The lowest BCUT2D eigenvalue weighted by atomic mass is 10.2. The first-order chi connectivity index (χ1) is 16.2. The van der Waals surface area contributed by atoms with Crippen molar-refractivity contribution in [3.8, 4) is 11.5 Å². The molecule has 17 heteroatoms. The number of thiophene rings is 1. The minimum absolute atomic E-state index is 0.109. The molecule has 0 unspecified atom stereocenters. The number of ether oxygens (including phenoxy) is 2. The number of sulfonamides is 1. The standard InChI is InChI=1S/C17H24N7O7PS2/c18-23-20-5-1-3-7-30-14-9-13-10-17(34(28,29)22-12-32(25,26)27)33-16(13)11-15(14)31-8-4-2-6-21-24-19/h9-11,22H,1-8,12H2,(H2,25,26,27). The van der Waals surface area contributed by atoms with E-state index in [9.17, 15) is 13.0 Å². The Morgan fingerprint density at radius 1 is 0.971 bits per heavy atom. The third-order valence-corrected chi connectivity index (χ3v) is 7.99. The van der Waals surface area contributed by atoms with E-state index >= 15 is 0 Å². The molecule has 0 fully saturated rings. The van der Waals surface area contributed by atoms with Crippen LogP contribution in [0.15, 0.2) is 32.6 Å². The normalized spacial score (nSPS) is 11.6. The Balaban J connectivity index is 2.20. The summed E-state index contributed by atoms with van der Waals surface area (Å²) in [5.74, 6) is 0.802. The highest BCUT2D eigenvalue weighted by Gasteiger charge is 2.23. The van der Waals surface area contributed by atoms with E-state index in [1.54, 1.807) is 12.1 Å². The van der Waals surface area contributed by atoms with Crippen molar-refractivity contribution in [3.05, 3.63) is 39.1 Å². The maximum Gasteiger partial charge on any atom is 0.340 e. The molecule has 0 atom stereocenters. The van der Waals surface area contributed by atoms with E-state index in [0.717, 1.165) is 11.3 Å². The molecule has 14 nitrogen and oxygen atoms in total. The molecule has 0 aliphatic carbocycles. The minimum atomic E-state index is -4.56. The lowest BCUT2D eigenvalue weighted by Crippen LogP contribution is -2.23. The molecule has 0 saturated carbocycles. The van der Waals surface area contributed by atoms with Crippen molar-refractivity contribution in [2.75, 3.05) is 32.6 Å². The molecule has 1 aromatic carbocycles. The Morgan fingerprint density at radius 2 is 1.53 bits per heavy atom. The number of benzene rings is 1. The second-order valence-electron chi connectivity index (χ2n) is 6.89. The van der Waals surface area contributed by atoms with Gasteiger partial charge in [-0.2, -0.15) is 4.72 Å². The fourth-order valence-electron chi connectivity index (χ4n) is 2.64. The third kappa shape index (κ3) is 9.37. The largest absolute Gasteiger partial charge is 0.490 e. The van der Waals surface area contributed by atoms with Gasteiger partial charge in [0.1, 0.15) is 10.5 Å². The number of unbranched alkanes of at least 4 members (excludes halogenated alkanes) is 2. The smallest absolute Gasteiger partial charge is 0.340 e. The summed E-state index contributed by atoms with van der Waals surface area (Å²) in [5.41, 5.74) is 16.6. The Labute approximate surface area is 199 Å². The third-order valence-electron chi connectivity index (χ3n) is 4.23. The summed E-state index contributed by atoms with van der Waals surface area (Å²) in [6.45, 7) is 1.33. The van der Waals surface area contributed by atoms with Gasteiger partial charge >= 0.3 is 7.60 Å². The van der Waals surface area contributed by atoms with Crippen LogP contribution < -0.4 is 14.2 Å². The molecule has 3 N–H and O–H groups in total. The Kier molecular flexibility index (Phi) is 10.9. The molecular formula is C17H24N7O7PS2. The zero-order valence-electron chi connectivity index (χ0n) is 18.0. The Morgan fingerprint density at radius 3 is 2.06 bits per heavy atom. The minimum Gasteiger partial charge on any atom is -0.490 e. The maximum absolute atomic E-state index is 12.4. The van der Waals surface area contributed by atoms with E-state index in [4.69, 9.17) is 30.3 Å². The van der Waals surface area contributed by atoms with Crippen LogP contribution >= 0.6 is 18.9 Å². The molecule has 0 bridgehead atoms. The van der Waals surface area contributed by atoms with Crippen molar-refractivity contribution >= 4 is 39.0 Å². The van der Waals surface area contributed by atoms with Crippen LogP contribution in [0, 0.1) is 0 Å². The van der Waals surface area contributed by atoms with Gasteiger partial charge in [0.2, 0.25) is 0 Å². The van der Waals surface area contributed by atoms with Gasteiger partial charge in [-0.1, -0.05) is 10.2 Å². The first-order valence-electron chi connectivity index (χ1n) is 10.1. The lowest BCUT2D eigenvalue weighted by Gasteiger charge is -2.13. The summed E-state index contributed by atoms with van der Waals surface area (Å²) in [6.07, 6.45) is 1.51. The number of nitrogens with zero attached hydrogens (tertiary/aromatic N) is 6. The fraction of sp³-hybridized carbons (Fsp3) is 0.529. The van der Waals surface area contributed by atoms with E-state index in [1.165, 1.54) is 6.07 Å². The summed E-state index contributed by atoms with van der Waals surface area (Å²) < 4.78 is 49.9. The molecular weight excluding hydrogens is 509 g/mol. The van der Waals surface area contributed by atoms with Gasteiger partial charge in [0, 0.05) is 33.7 Å². The van der Waals surface area contributed by atoms with Gasteiger partial charge < -0.3 is 19.3 Å². The Hall–Kier alpha value is -2.54. The SMILES string of the molecule is [N-]=[N+]=NCCCCOc1cc2cc(S(=O)(=O)NCP(=O)(O)O)sc2cc1OCCCCN=[N+]=[N-]. The van der Waals surface area contributed by atoms with E-state index in [-0.39, 0.29) is 4.21 Å². The van der Waals surface area contributed by atoms with E-state index in [1.807, 2.05) is 4.72 Å². The van der Waals surface area contributed by atoms with Crippen LogP contribution in [0.1, 0.15) is 25.7 Å². The number of azide groups is 2. The van der Waals surface area contributed by atoms with Crippen molar-refractivity contribution in [1.82, 2.24) is 4.72 Å². The molecule has 186 valence electrons. The first-order valence-corrected chi connectivity index (χ1v) is 14.1. The van der Waals surface area contributed by atoms with E-state index in [0.29, 0.717) is 73.6 Å². The predicted octanol–water partition coefficient (Wildman–Crippen LogP) is 4.25. The van der Waals surface area contributed by atoms with Gasteiger partial charge in [-0.15, -0.1) is 11.3 Å². The monoisotopic (exact) mass is 533 g/mol. The van der Waals surface area contributed by atoms with E-state index in [2.05, 4.69) is 20.1 Å². The summed E-state index contributed by atoms with van der Waals surface area (Å²) in [7, 11) is -8.68. The second kappa shape index (κ2) is 13.4. The first kappa shape index (κ1) is 27.7. The van der Waals surface area contributed by atoms with Crippen LogP contribution in [0.5, 0.6) is 11.5 Å². The zero-order chi connectivity index (χ0) is 25.0. The number of nitrogens with one attached hydrogen (secondary N) is 1. The van der Waals surface area contributed by atoms with Crippen LogP contribution in [0.4, 0.5) is 0 Å². The second-order valence-corrected chi connectivity index (χ2v) is 11.6. The predicted molar refractivity (Wildman–Crippen MR) is 127 cm³/mol. The van der Waals surface area contributed by atoms with Gasteiger partial charge in [-0.25, -0.2) is 8.42 Å². The van der Waals surface area contributed by atoms with Gasteiger partial charge in [0.05, 0.1) is 13.2 Å². The van der Waals surface area contributed by atoms with Crippen molar-refractivity contribution in [1.29, 1.82) is 0 Å². The van der Waals surface area contributed by atoms with E-state index < -0.39 is 23.9 Å². The molecule has 0 spiro atoms. The fourth-order valence-corrected chi connectivity index (χ4v) is 6.11. The van der Waals surface area contributed by atoms with Gasteiger partial charge in [0.15, 0.2) is 11.5 Å². The number of rotatable bonds is 16. The summed E-state index contributed by atoms with van der Waals surface area (Å²) in [6, 6.07) is 4.67. The molecule has 2 aromatic rings. The van der Waals surface area contributed by atoms with Gasteiger partial charge in [0.25, 0.3) is 10.0 Å². The van der Waals surface area contributed by atoms with Crippen molar-refractivity contribution in [3.63, 3.8) is 0 Å². The van der Waals surface area contributed by atoms with Crippen LogP contribution in [0.2, 0.25) is 0 Å². The van der Waals surface area contributed by atoms with Crippen molar-refractivity contribution in [2.45, 2.75) is 29.9 Å². The molecule has 0 radical (unpaired) electrons. The molecule has 0 aliphatic rings. The van der Waals surface area contributed by atoms with Crippen LogP contribution in [0.3, 0.4) is 0 Å². The van der Waals surface area contributed by atoms with Gasteiger partial charge in [-0.3, -0.25) is 4.57 Å². The summed E-state index contributed by atoms with van der Waals surface area (Å²) in [5, 5.41) is 7.48. The highest BCUT2D eigenvalue weighted by Crippen LogP contribution is 2.39. The molecule has 0 aliphatic heterocycles. The summed E-state index contributed by atoms with van der Waals surface area (Å²) >= 11 is 0.925. The number of hydrogen-bond acceptors (Lipinski definition) is 8. The topological polar surface area (TPSA) is 220 Å². The lowest BCUT2D eigenvalue weighted by molar-refractivity contribution is 0.261. The molecule has 1 aromatic heterocycles. The highest BCUT2D eigenvalue weighted by atomic mass is 32.2. The zero-order valence-corrected chi connectivity index (χ0v) is 20.5. The van der Waals surface area contributed by atoms with Crippen LogP contribution in [-0.2, 0) is 14.6 Å². The number of fused-ring (bicyclic) bond motifs is 1. The van der Waals surface area contributed by atoms with Crippen LogP contribution in [-0.4, -0.2) is 50.8 Å². The molecule has 0 saturated heterocycles. The Bertz CT molecular complexity index is 1150.